The second kappa shape index (κ2) is 8.19. The van der Waals surface area contributed by atoms with Gasteiger partial charge in [0.05, 0.1) is 6.04 Å². The molecule has 1 rings (SSSR count). The number of amides is 1. The van der Waals surface area contributed by atoms with Crippen LogP contribution in [0.25, 0.3) is 0 Å². The van der Waals surface area contributed by atoms with Gasteiger partial charge in [-0.25, -0.2) is 0 Å². The van der Waals surface area contributed by atoms with Crippen LogP contribution in [0.3, 0.4) is 0 Å². The molecule has 1 aromatic rings. The van der Waals surface area contributed by atoms with Crippen molar-refractivity contribution in [3.63, 3.8) is 0 Å². The predicted molar refractivity (Wildman–Crippen MR) is 79.6 cm³/mol. The monoisotopic (exact) mass is 277 g/mol. The molecule has 0 radical (unpaired) electrons. The Morgan fingerprint density at radius 3 is 2.55 bits per heavy atom. The Kier molecular flexibility index (Phi) is 6.56. The Morgan fingerprint density at radius 2 is 2.00 bits per heavy atom. The molecule has 4 N–H and O–H groups in total. The second-order valence-corrected chi connectivity index (χ2v) is 5.15. The van der Waals surface area contributed by atoms with Gasteiger partial charge in [0, 0.05) is 6.42 Å². The molecule has 0 aliphatic carbocycles. The maximum atomic E-state index is 11.9. The third-order valence-electron chi connectivity index (χ3n) is 3.13. The van der Waals surface area contributed by atoms with Crippen LogP contribution in [0.1, 0.15) is 32.3 Å². The number of nitrogens with zero attached hydrogens (tertiary/aromatic N) is 1. The van der Waals surface area contributed by atoms with Crippen molar-refractivity contribution in [2.24, 2.45) is 16.8 Å². The number of carbonyl (C=O) groups excluding carboxylic acids is 1. The summed E-state index contributed by atoms with van der Waals surface area (Å²) >= 11 is 0. The van der Waals surface area contributed by atoms with Crippen LogP contribution in [-0.2, 0) is 11.2 Å². The van der Waals surface area contributed by atoms with E-state index in [0.29, 0.717) is 6.42 Å². The van der Waals surface area contributed by atoms with E-state index >= 15 is 0 Å². The molecule has 0 heterocycles. The number of rotatable bonds is 7. The van der Waals surface area contributed by atoms with E-state index in [1.54, 1.807) is 0 Å². The molecule has 0 bridgehead atoms. The van der Waals surface area contributed by atoms with Gasteiger partial charge >= 0.3 is 0 Å². The lowest BCUT2D eigenvalue weighted by Crippen LogP contribution is -2.47. The smallest absolute Gasteiger partial charge is 0.220 e. The molecule has 5 nitrogen and oxygen atoms in total. The van der Waals surface area contributed by atoms with Crippen molar-refractivity contribution < 1.29 is 10.0 Å². The topological polar surface area (TPSA) is 87.7 Å². The van der Waals surface area contributed by atoms with E-state index in [-0.39, 0.29) is 17.7 Å². The summed E-state index contributed by atoms with van der Waals surface area (Å²) in [5.74, 6) is 0.0339. The molecule has 1 atom stereocenters. The first kappa shape index (κ1) is 16.0. The van der Waals surface area contributed by atoms with Crippen LogP contribution in [0.2, 0.25) is 0 Å². The maximum Gasteiger partial charge on any atom is 0.220 e. The zero-order valence-corrected chi connectivity index (χ0v) is 12.0. The number of nitrogens with one attached hydrogen (secondary N) is 1. The summed E-state index contributed by atoms with van der Waals surface area (Å²) < 4.78 is 0. The van der Waals surface area contributed by atoms with Gasteiger partial charge in [0.1, 0.15) is 0 Å². The third-order valence-corrected chi connectivity index (χ3v) is 3.13. The molecule has 0 fully saturated rings. The summed E-state index contributed by atoms with van der Waals surface area (Å²) in [4.78, 5) is 11.9. The van der Waals surface area contributed by atoms with Gasteiger partial charge in [-0.2, -0.15) is 0 Å². The first-order chi connectivity index (χ1) is 9.54. The average molecular weight is 277 g/mol. The van der Waals surface area contributed by atoms with Crippen LogP contribution in [0, 0.1) is 5.92 Å². The molecule has 20 heavy (non-hydrogen) atoms. The van der Waals surface area contributed by atoms with Gasteiger partial charge in [0.2, 0.25) is 5.91 Å². The molecule has 110 valence electrons. The minimum Gasteiger partial charge on any atom is -0.409 e. The van der Waals surface area contributed by atoms with Crippen molar-refractivity contribution in [2.45, 2.75) is 39.2 Å². The number of amidine groups is 1. The highest BCUT2D eigenvalue weighted by Crippen LogP contribution is 2.06. The normalized spacial score (nSPS) is 13.2. The molecule has 0 spiro atoms. The Balaban J connectivity index is 2.39. The van der Waals surface area contributed by atoms with Gasteiger partial charge in [0.25, 0.3) is 0 Å². The standard InChI is InChI=1S/C15H23N3O2/c1-11(2)14(15(16)18-20)17-13(19)10-6-9-12-7-4-3-5-8-12/h3-5,7-8,11,14,20H,6,9-10H2,1-2H3,(H2,16,18)(H,17,19). The van der Waals surface area contributed by atoms with Gasteiger partial charge in [-0.3, -0.25) is 4.79 Å². The van der Waals surface area contributed by atoms with Gasteiger partial charge in [-0.15, -0.1) is 0 Å². The number of benzene rings is 1. The number of nitrogens with two attached hydrogens (primary N) is 1. The molecule has 1 aromatic carbocycles. The second-order valence-electron chi connectivity index (χ2n) is 5.15. The maximum absolute atomic E-state index is 11.9. The number of aryl methyl sites for hydroxylation is 1. The summed E-state index contributed by atoms with van der Waals surface area (Å²) in [5, 5.41) is 14.5. The summed E-state index contributed by atoms with van der Waals surface area (Å²) in [7, 11) is 0. The highest BCUT2D eigenvalue weighted by Gasteiger charge is 2.20. The van der Waals surface area contributed by atoms with Crippen LogP contribution in [0.5, 0.6) is 0 Å². The summed E-state index contributed by atoms with van der Waals surface area (Å²) in [5.41, 5.74) is 6.79. The lowest BCUT2D eigenvalue weighted by Gasteiger charge is -2.20. The minimum atomic E-state index is -0.427. The Bertz CT molecular complexity index is 444. The van der Waals surface area contributed by atoms with Gasteiger partial charge in [-0.1, -0.05) is 49.3 Å². The van der Waals surface area contributed by atoms with Crippen LogP contribution in [-0.4, -0.2) is 23.0 Å². The predicted octanol–water partition coefficient (Wildman–Crippen LogP) is 1.90. The first-order valence-corrected chi connectivity index (χ1v) is 6.85. The minimum absolute atomic E-state index is 0.0383. The highest BCUT2D eigenvalue weighted by atomic mass is 16.4. The van der Waals surface area contributed by atoms with Crippen molar-refractivity contribution in [2.75, 3.05) is 0 Å². The largest absolute Gasteiger partial charge is 0.409 e. The van der Waals surface area contributed by atoms with Crippen LogP contribution >= 0.6 is 0 Å². The van der Waals surface area contributed by atoms with Crippen LogP contribution in [0.4, 0.5) is 0 Å². The molecule has 0 saturated heterocycles. The van der Waals surface area contributed by atoms with Crippen molar-refractivity contribution in [1.29, 1.82) is 0 Å². The Labute approximate surface area is 119 Å². The fourth-order valence-corrected chi connectivity index (χ4v) is 1.99. The zero-order chi connectivity index (χ0) is 15.0. The molecule has 5 heteroatoms. The van der Waals surface area contributed by atoms with E-state index < -0.39 is 6.04 Å². The molecular formula is C15H23N3O2. The van der Waals surface area contributed by atoms with E-state index in [1.807, 2.05) is 44.2 Å². The molecule has 1 amide bonds. The van der Waals surface area contributed by atoms with Gasteiger partial charge in [-0.05, 0) is 24.3 Å². The van der Waals surface area contributed by atoms with E-state index in [1.165, 1.54) is 5.56 Å². The number of hydrogen-bond acceptors (Lipinski definition) is 3. The fraction of sp³-hybridized carbons (Fsp3) is 0.467. The molecule has 0 saturated carbocycles. The van der Waals surface area contributed by atoms with Crippen LogP contribution < -0.4 is 11.1 Å². The molecule has 0 aliphatic rings. The molecular weight excluding hydrogens is 254 g/mol. The van der Waals surface area contributed by atoms with Crippen molar-refractivity contribution in [3.05, 3.63) is 35.9 Å². The van der Waals surface area contributed by atoms with E-state index in [9.17, 15) is 4.79 Å². The fourth-order valence-electron chi connectivity index (χ4n) is 1.99. The quantitative estimate of drug-likeness (QED) is 0.308. The summed E-state index contributed by atoms with van der Waals surface area (Å²) in [6, 6.07) is 9.62. The molecule has 1 unspecified atom stereocenters. The van der Waals surface area contributed by atoms with Gasteiger partial charge < -0.3 is 16.3 Å². The van der Waals surface area contributed by atoms with E-state index in [2.05, 4.69) is 10.5 Å². The zero-order valence-electron chi connectivity index (χ0n) is 12.0. The molecule has 0 aromatic heterocycles. The third kappa shape index (κ3) is 5.30. The Hall–Kier alpha value is -2.04. The number of hydrogen-bond donors (Lipinski definition) is 3. The Morgan fingerprint density at radius 1 is 1.35 bits per heavy atom. The van der Waals surface area contributed by atoms with E-state index in [0.717, 1.165) is 12.8 Å². The van der Waals surface area contributed by atoms with Crippen molar-refractivity contribution in [1.82, 2.24) is 5.32 Å². The van der Waals surface area contributed by atoms with Crippen molar-refractivity contribution in [3.8, 4) is 0 Å². The number of oxime groups is 1. The summed E-state index contributed by atoms with van der Waals surface area (Å²) in [6.07, 6.45) is 2.07. The van der Waals surface area contributed by atoms with Crippen molar-refractivity contribution >= 4 is 11.7 Å². The SMILES string of the molecule is CC(C)C(NC(=O)CCCc1ccccc1)C(N)=NO. The summed E-state index contributed by atoms with van der Waals surface area (Å²) in [6.45, 7) is 3.82. The lowest BCUT2D eigenvalue weighted by molar-refractivity contribution is -0.121. The highest BCUT2D eigenvalue weighted by molar-refractivity contribution is 5.90. The van der Waals surface area contributed by atoms with Crippen LogP contribution in [0.15, 0.2) is 35.5 Å². The van der Waals surface area contributed by atoms with Gasteiger partial charge in [0.15, 0.2) is 5.84 Å². The number of carbonyl (C=O) groups is 1. The first-order valence-electron chi connectivity index (χ1n) is 6.85. The van der Waals surface area contributed by atoms with E-state index in [4.69, 9.17) is 10.9 Å². The molecule has 0 aliphatic heterocycles. The average Bonchev–Trinajstić information content (AvgIpc) is 2.45. The lowest BCUT2D eigenvalue weighted by atomic mass is 10.0.